The van der Waals surface area contributed by atoms with Crippen molar-refractivity contribution in [2.24, 2.45) is 5.92 Å². The highest BCUT2D eigenvalue weighted by atomic mass is 79.9. The van der Waals surface area contributed by atoms with Crippen molar-refractivity contribution in [3.05, 3.63) is 39.0 Å². The van der Waals surface area contributed by atoms with Gasteiger partial charge in [0.15, 0.2) is 11.6 Å². The Bertz CT molecular complexity index is 746. The van der Waals surface area contributed by atoms with Crippen molar-refractivity contribution in [1.29, 1.82) is 0 Å². The Morgan fingerprint density at radius 1 is 1.46 bits per heavy atom. The monoisotopic (exact) mass is 414 g/mol. The van der Waals surface area contributed by atoms with Gasteiger partial charge in [-0.05, 0) is 47.7 Å². The molecule has 130 valence electrons. The van der Waals surface area contributed by atoms with Crippen molar-refractivity contribution in [1.82, 2.24) is 14.8 Å². The van der Waals surface area contributed by atoms with E-state index >= 15 is 0 Å². The van der Waals surface area contributed by atoms with Crippen LogP contribution in [-0.4, -0.2) is 21.3 Å². The van der Waals surface area contributed by atoms with Gasteiger partial charge < -0.3 is 4.90 Å². The molecule has 24 heavy (non-hydrogen) atoms. The number of rotatable bonds is 4. The molecular weight excluding hydrogens is 395 g/mol. The summed E-state index contributed by atoms with van der Waals surface area (Å²) >= 11 is 9.88. The van der Waals surface area contributed by atoms with Gasteiger partial charge in [-0.1, -0.05) is 25.4 Å². The van der Waals surface area contributed by atoms with E-state index in [0.29, 0.717) is 21.4 Å². The fourth-order valence-electron chi connectivity index (χ4n) is 3.35. The quantitative estimate of drug-likeness (QED) is 0.693. The molecule has 1 aliphatic rings. The maximum absolute atomic E-state index is 14.4. The summed E-state index contributed by atoms with van der Waals surface area (Å²) < 4.78 is 16.9. The van der Waals surface area contributed by atoms with E-state index in [9.17, 15) is 4.39 Å². The molecular formula is C17H21BrClFN4. The number of pyridine rings is 1. The van der Waals surface area contributed by atoms with Gasteiger partial charge in [0.05, 0.1) is 11.7 Å². The Balaban J connectivity index is 1.98. The predicted molar refractivity (Wildman–Crippen MR) is 98.0 cm³/mol. The van der Waals surface area contributed by atoms with Crippen LogP contribution in [0.15, 0.2) is 16.7 Å². The lowest BCUT2D eigenvalue weighted by Crippen LogP contribution is -2.25. The summed E-state index contributed by atoms with van der Waals surface area (Å²) in [6.45, 7) is 7.78. The standard InChI is InChI=1S/C17H21BrClFN4/c1-10(2)9-24-16(19)15(11(3)22-24)14-5-4-6-23(14)17-13(20)7-12(18)8-21-17/h7-8,10,14H,4-6,9H2,1-3H3. The van der Waals surface area contributed by atoms with Crippen molar-refractivity contribution in [3.63, 3.8) is 0 Å². The van der Waals surface area contributed by atoms with Gasteiger partial charge in [-0.25, -0.2) is 9.37 Å². The van der Waals surface area contributed by atoms with Crippen LogP contribution in [0.25, 0.3) is 0 Å². The Hall–Kier alpha value is -1.14. The van der Waals surface area contributed by atoms with Gasteiger partial charge in [-0.2, -0.15) is 5.10 Å². The average molecular weight is 416 g/mol. The van der Waals surface area contributed by atoms with Gasteiger partial charge in [-0.3, -0.25) is 4.68 Å². The fourth-order valence-corrected chi connectivity index (χ4v) is 4.02. The zero-order valence-corrected chi connectivity index (χ0v) is 16.4. The first kappa shape index (κ1) is 17.7. The van der Waals surface area contributed by atoms with Gasteiger partial charge in [0.1, 0.15) is 5.15 Å². The van der Waals surface area contributed by atoms with Crippen LogP contribution in [0.3, 0.4) is 0 Å². The van der Waals surface area contributed by atoms with Crippen LogP contribution >= 0.6 is 27.5 Å². The molecule has 0 aliphatic carbocycles. The van der Waals surface area contributed by atoms with Gasteiger partial charge in [-0.15, -0.1) is 0 Å². The van der Waals surface area contributed by atoms with Crippen molar-refractivity contribution >= 4 is 33.3 Å². The number of anilines is 1. The van der Waals surface area contributed by atoms with Crippen LogP contribution in [-0.2, 0) is 6.54 Å². The minimum absolute atomic E-state index is 0.0154. The highest BCUT2D eigenvalue weighted by molar-refractivity contribution is 9.10. The summed E-state index contributed by atoms with van der Waals surface area (Å²) in [6.07, 6.45) is 3.53. The highest BCUT2D eigenvalue weighted by Crippen LogP contribution is 2.40. The molecule has 0 saturated carbocycles. The van der Waals surface area contributed by atoms with Crippen LogP contribution < -0.4 is 4.90 Å². The third-order valence-corrected chi connectivity index (χ3v) is 5.13. The lowest BCUT2D eigenvalue weighted by Gasteiger charge is -2.26. The fraction of sp³-hybridized carbons (Fsp3) is 0.529. The van der Waals surface area contributed by atoms with E-state index in [-0.39, 0.29) is 11.9 Å². The second-order valence-electron chi connectivity index (χ2n) is 6.68. The van der Waals surface area contributed by atoms with Gasteiger partial charge in [0.25, 0.3) is 0 Å². The van der Waals surface area contributed by atoms with E-state index in [2.05, 4.69) is 39.9 Å². The lowest BCUT2D eigenvalue weighted by atomic mass is 10.1. The molecule has 0 aromatic carbocycles. The van der Waals surface area contributed by atoms with Crippen LogP contribution in [0.5, 0.6) is 0 Å². The SMILES string of the molecule is Cc1nn(CC(C)C)c(Cl)c1C1CCCN1c1ncc(Br)cc1F. The molecule has 1 saturated heterocycles. The summed E-state index contributed by atoms with van der Waals surface area (Å²) in [7, 11) is 0. The van der Waals surface area contributed by atoms with Crippen LogP contribution in [0.2, 0.25) is 5.15 Å². The maximum Gasteiger partial charge on any atom is 0.166 e. The number of hydrogen-bond donors (Lipinski definition) is 0. The smallest absolute Gasteiger partial charge is 0.166 e. The number of halogens is 3. The highest BCUT2D eigenvalue weighted by Gasteiger charge is 2.33. The maximum atomic E-state index is 14.4. The second kappa shape index (κ2) is 7.00. The van der Waals surface area contributed by atoms with Crippen LogP contribution in [0.4, 0.5) is 10.2 Å². The molecule has 1 atom stereocenters. The summed E-state index contributed by atoms with van der Waals surface area (Å²) in [6, 6.07) is 1.47. The van der Waals surface area contributed by atoms with E-state index in [4.69, 9.17) is 11.6 Å². The average Bonchev–Trinajstić information content (AvgIpc) is 3.04. The van der Waals surface area contributed by atoms with Crippen LogP contribution in [0, 0.1) is 18.7 Å². The topological polar surface area (TPSA) is 34.0 Å². The molecule has 3 heterocycles. The lowest BCUT2D eigenvalue weighted by molar-refractivity contribution is 0.481. The van der Waals surface area contributed by atoms with Crippen molar-refractivity contribution in [2.45, 2.75) is 46.2 Å². The minimum atomic E-state index is -0.320. The zero-order chi connectivity index (χ0) is 17.4. The van der Waals surface area contributed by atoms with E-state index in [1.54, 1.807) is 6.20 Å². The number of nitrogens with zero attached hydrogens (tertiary/aromatic N) is 4. The molecule has 1 fully saturated rings. The van der Waals surface area contributed by atoms with Crippen molar-refractivity contribution in [2.75, 3.05) is 11.4 Å². The Morgan fingerprint density at radius 2 is 2.21 bits per heavy atom. The molecule has 0 radical (unpaired) electrons. The first-order valence-corrected chi connectivity index (χ1v) is 9.36. The molecule has 1 aliphatic heterocycles. The van der Waals surface area contributed by atoms with E-state index in [1.165, 1.54) is 6.07 Å². The normalized spacial score (nSPS) is 18.0. The summed E-state index contributed by atoms with van der Waals surface area (Å²) in [4.78, 5) is 6.30. The van der Waals surface area contributed by atoms with Crippen LogP contribution in [0.1, 0.15) is 44.0 Å². The molecule has 4 nitrogen and oxygen atoms in total. The molecule has 0 bridgehead atoms. The Morgan fingerprint density at radius 3 is 2.88 bits per heavy atom. The second-order valence-corrected chi connectivity index (χ2v) is 7.95. The summed E-state index contributed by atoms with van der Waals surface area (Å²) in [5.41, 5.74) is 1.91. The minimum Gasteiger partial charge on any atom is -0.347 e. The third kappa shape index (κ3) is 3.31. The van der Waals surface area contributed by atoms with Gasteiger partial charge >= 0.3 is 0 Å². The Kier molecular flexibility index (Phi) is 5.16. The van der Waals surface area contributed by atoms with Crippen molar-refractivity contribution in [3.8, 4) is 0 Å². The third-order valence-electron chi connectivity index (χ3n) is 4.29. The predicted octanol–water partition coefficient (Wildman–Crippen LogP) is 5.14. The van der Waals surface area contributed by atoms with Crippen molar-refractivity contribution < 1.29 is 4.39 Å². The molecule has 1 unspecified atom stereocenters. The molecule has 7 heteroatoms. The first-order chi connectivity index (χ1) is 11.4. The molecule has 2 aromatic heterocycles. The molecule has 0 amide bonds. The summed E-state index contributed by atoms with van der Waals surface area (Å²) in [5, 5.41) is 5.26. The molecule has 0 spiro atoms. The largest absolute Gasteiger partial charge is 0.347 e. The Labute approximate surface area is 155 Å². The zero-order valence-electron chi connectivity index (χ0n) is 14.1. The molecule has 2 aromatic rings. The van der Waals surface area contributed by atoms with E-state index < -0.39 is 0 Å². The number of aromatic nitrogens is 3. The number of hydrogen-bond acceptors (Lipinski definition) is 3. The molecule has 0 N–H and O–H groups in total. The van der Waals surface area contributed by atoms with E-state index in [0.717, 1.165) is 37.2 Å². The van der Waals surface area contributed by atoms with Gasteiger partial charge in [0.2, 0.25) is 0 Å². The first-order valence-electron chi connectivity index (χ1n) is 8.19. The number of aryl methyl sites for hydroxylation is 1. The molecule has 3 rings (SSSR count). The van der Waals surface area contributed by atoms with E-state index in [1.807, 2.05) is 16.5 Å². The summed E-state index contributed by atoms with van der Waals surface area (Å²) in [5.74, 6) is 0.521. The van der Waals surface area contributed by atoms with Gasteiger partial charge in [0, 0.05) is 29.3 Å².